The van der Waals surface area contributed by atoms with Crippen LogP contribution in [-0.2, 0) is 6.42 Å². The van der Waals surface area contributed by atoms with Crippen LogP contribution in [0.2, 0.25) is 0 Å². The average molecular weight is 326 g/mol. The van der Waals surface area contributed by atoms with Gasteiger partial charge in [-0.25, -0.2) is 4.39 Å². The van der Waals surface area contributed by atoms with Gasteiger partial charge in [-0.05, 0) is 56.8 Å². The van der Waals surface area contributed by atoms with Crippen LogP contribution < -0.4 is 5.32 Å². The number of nitrogens with zero attached hydrogens (tertiary/aromatic N) is 2. The predicted octanol–water partition coefficient (Wildman–Crippen LogP) is 3.54. The molecule has 3 rings (SSSR count). The minimum atomic E-state index is -0.242. The molecule has 0 radical (unpaired) electrons. The molecule has 1 aromatic heterocycles. The molecule has 2 heterocycles. The lowest BCUT2D eigenvalue weighted by Gasteiger charge is -2.09. The Morgan fingerprint density at radius 3 is 3.00 bits per heavy atom. The quantitative estimate of drug-likeness (QED) is 0.937. The van der Waals surface area contributed by atoms with E-state index in [9.17, 15) is 4.39 Å². The number of rotatable bonds is 3. The first-order chi connectivity index (χ1) is 10.2. The third-order valence-corrected chi connectivity index (χ3v) is 4.06. The van der Waals surface area contributed by atoms with Crippen molar-refractivity contribution in [1.29, 1.82) is 0 Å². The summed E-state index contributed by atoms with van der Waals surface area (Å²) in [6.45, 7) is 3.88. The number of hydrogen-bond acceptors (Lipinski definition) is 4. The summed E-state index contributed by atoms with van der Waals surface area (Å²) < 4.78 is 18.9. The molecule has 0 saturated carbocycles. The van der Waals surface area contributed by atoms with Crippen LogP contribution >= 0.6 is 12.4 Å². The van der Waals surface area contributed by atoms with Crippen LogP contribution in [0.3, 0.4) is 0 Å². The average Bonchev–Trinajstić information content (AvgIpc) is 2.78. The van der Waals surface area contributed by atoms with Gasteiger partial charge in [0.05, 0.1) is 0 Å². The van der Waals surface area contributed by atoms with Crippen LogP contribution in [0.25, 0.3) is 11.4 Å². The van der Waals surface area contributed by atoms with Gasteiger partial charge in [-0.15, -0.1) is 12.4 Å². The summed E-state index contributed by atoms with van der Waals surface area (Å²) in [6, 6.07) is 5.01. The summed E-state index contributed by atoms with van der Waals surface area (Å²) >= 11 is 0. The van der Waals surface area contributed by atoms with Crippen LogP contribution in [0.1, 0.15) is 30.7 Å². The first kappa shape index (κ1) is 16.9. The number of hydrogen-bond donors (Lipinski definition) is 1. The minimum Gasteiger partial charge on any atom is -0.339 e. The van der Waals surface area contributed by atoms with Crippen molar-refractivity contribution in [3.05, 3.63) is 35.5 Å². The summed E-state index contributed by atoms with van der Waals surface area (Å²) in [5.41, 5.74) is 1.28. The highest BCUT2D eigenvalue weighted by Gasteiger charge is 2.17. The molecule has 120 valence electrons. The first-order valence-corrected chi connectivity index (χ1v) is 7.52. The topological polar surface area (TPSA) is 51.0 Å². The largest absolute Gasteiger partial charge is 0.339 e. The molecule has 0 amide bonds. The van der Waals surface area contributed by atoms with Gasteiger partial charge in [-0.2, -0.15) is 4.98 Å². The maximum Gasteiger partial charge on any atom is 0.227 e. The maximum atomic E-state index is 13.6. The van der Waals surface area contributed by atoms with E-state index in [2.05, 4.69) is 15.5 Å². The van der Waals surface area contributed by atoms with Gasteiger partial charge in [0, 0.05) is 12.0 Å². The summed E-state index contributed by atoms with van der Waals surface area (Å²) in [5, 5.41) is 7.37. The normalized spacial score (nSPS) is 18.5. The predicted molar refractivity (Wildman–Crippen MR) is 85.6 cm³/mol. The molecule has 6 heteroatoms. The summed E-state index contributed by atoms with van der Waals surface area (Å²) in [6.07, 6.45) is 4.32. The Kier molecular flexibility index (Phi) is 5.91. The lowest BCUT2D eigenvalue weighted by atomic mass is 9.97. The number of aryl methyl sites for hydroxylation is 1. The van der Waals surface area contributed by atoms with Crippen LogP contribution in [-0.4, -0.2) is 23.2 Å². The van der Waals surface area contributed by atoms with E-state index < -0.39 is 0 Å². The molecule has 1 fully saturated rings. The summed E-state index contributed by atoms with van der Waals surface area (Å²) in [7, 11) is 0. The smallest absolute Gasteiger partial charge is 0.227 e. The molecule has 22 heavy (non-hydrogen) atoms. The molecule has 0 bridgehead atoms. The third-order valence-electron chi connectivity index (χ3n) is 4.06. The molecule has 1 N–H and O–H groups in total. The van der Waals surface area contributed by atoms with E-state index in [0.717, 1.165) is 25.9 Å². The van der Waals surface area contributed by atoms with Crippen molar-refractivity contribution in [3.63, 3.8) is 0 Å². The van der Waals surface area contributed by atoms with Gasteiger partial charge >= 0.3 is 0 Å². The lowest BCUT2D eigenvalue weighted by Crippen LogP contribution is -2.14. The summed E-state index contributed by atoms with van der Waals surface area (Å²) in [4.78, 5) is 4.41. The van der Waals surface area contributed by atoms with Crippen molar-refractivity contribution >= 4 is 12.4 Å². The van der Waals surface area contributed by atoms with Crippen LogP contribution in [0, 0.1) is 18.7 Å². The lowest BCUT2D eigenvalue weighted by molar-refractivity contribution is 0.341. The Morgan fingerprint density at radius 2 is 2.18 bits per heavy atom. The highest BCUT2D eigenvalue weighted by molar-refractivity contribution is 5.85. The second-order valence-corrected chi connectivity index (χ2v) is 5.73. The molecule has 0 spiro atoms. The van der Waals surface area contributed by atoms with Crippen molar-refractivity contribution in [3.8, 4) is 11.4 Å². The van der Waals surface area contributed by atoms with Gasteiger partial charge in [0.25, 0.3) is 0 Å². The van der Waals surface area contributed by atoms with Gasteiger partial charge < -0.3 is 9.84 Å². The fourth-order valence-corrected chi connectivity index (χ4v) is 2.73. The van der Waals surface area contributed by atoms with Crippen LogP contribution in [0.4, 0.5) is 4.39 Å². The Hall–Kier alpha value is -1.46. The van der Waals surface area contributed by atoms with E-state index in [-0.39, 0.29) is 18.2 Å². The Morgan fingerprint density at radius 1 is 1.32 bits per heavy atom. The van der Waals surface area contributed by atoms with E-state index in [1.165, 1.54) is 18.9 Å². The van der Waals surface area contributed by atoms with E-state index in [1.54, 1.807) is 13.0 Å². The molecule has 1 aromatic carbocycles. The number of halogens is 2. The minimum absolute atomic E-state index is 0. The first-order valence-electron chi connectivity index (χ1n) is 7.52. The second-order valence-electron chi connectivity index (χ2n) is 5.73. The fraction of sp³-hybridized carbons (Fsp3) is 0.500. The van der Waals surface area contributed by atoms with E-state index in [4.69, 9.17) is 4.52 Å². The molecule has 1 aliphatic heterocycles. The van der Waals surface area contributed by atoms with Gasteiger partial charge in [-0.3, -0.25) is 0 Å². The van der Waals surface area contributed by atoms with Crippen LogP contribution in [0.5, 0.6) is 0 Å². The highest BCUT2D eigenvalue weighted by atomic mass is 35.5. The molecule has 1 atom stereocenters. The molecule has 1 saturated heterocycles. The Balaban J connectivity index is 0.00000176. The molecule has 1 unspecified atom stereocenters. The molecular weight excluding hydrogens is 305 g/mol. The molecule has 1 aliphatic rings. The van der Waals surface area contributed by atoms with Crippen molar-refractivity contribution < 1.29 is 8.91 Å². The number of nitrogens with one attached hydrogen (secondary N) is 1. The zero-order chi connectivity index (χ0) is 14.7. The number of benzene rings is 1. The second kappa shape index (κ2) is 7.70. The monoisotopic (exact) mass is 325 g/mol. The van der Waals surface area contributed by atoms with Gasteiger partial charge in [-0.1, -0.05) is 17.3 Å². The Labute approximate surface area is 135 Å². The van der Waals surface area contributed by atoms with Gasteiger partial charge in [0.1, 0.15) is 5.82 Å². The van der Waals surface area contributed by atoms with E-state index >= 15 is 0 Å². The number of aromatic nitrogens is 2. The van der Waals surface area contributed by atoms with Gasteiger partial charge in [0.2, 0.25) is 11.7 Å². The standard InChI is InChI=1S/C16H20FN3O.ClH/c1-11-4-5-13(10-14(11)17)16-19-15(21-20-16)9-12-3-2-7-18-8-6-12;/h4-5,10,12,18H,2-3,6-9H2,1H3;1H. The fourth-order valence-electron chi connectivity index (χ4n) is 2.73. The van der Waals surface area contributed by atoms with Crippen molar-refractivity contribution in [2.75, 3.05) is 13.1 Å². The maximum absolute atomic E-state index is 13.6. The molecule has 2 aromatic rings. The van der Waals surface area contributed by atoms with Gasteiger partial charge in [0.15, 0.2) is 0 Å². The summed E-state index contributed by atoms with van der Waals surface area (Å²) in [5.74, 6) is 1.46. The molecule has 0 aliphatic carbocycles. The van der Waals surface area contributed by atoms with Crippen molar-refractivity contribution in [2.45, 2.75) is 32.6 Å². The third kappa shape index (κ3) is 4.05. The zero-order valence-corrected chi connectivity index (χ0v) is 13.5. The van der Waals surface area contributed by atoms with E-state index in [0.29, 0.717) is 28.8 Å². The van der Waals surface area contributed by atoms with Crippen molar-refractivity contribution in [1.82, 2.24) is 15.5 Å². The Bertz CT molecular complexity index is 609. The molecule has 4 nitrogen and oxygen atoms in total. The van der Waals surface area contributed by atoms with Crippen LogP contribution in [0.15, 0.2) is 22.7 Å². The van der Waals surface area contributed by atoms with E-state index in [1.807, 2.05) is 6.07 Å². The zero-order valence-electron chi connectivity index (χ0n) is 12.6. The SMILES string of the molecule is Cc1ccc(-c2noc(CC3CCCNCC3)n2)cc1F.Cl. The van der Waals surface area contributed by atoms with Crippen molar-refractivity contribution in [2.24, 2.45) is 5.92 Å². The molecular formula is C16H21ClFN3O. The highest BCUT2D eigenvalue weighted by Crippen LogP contribution is 2.22.